The Bertz CT molecular complexity index is 1130. The molecular weight excluding hydrogens is 382 g/mol. The summed E-state index contributed by atoms with van der Waals surface area (Å²) in [5, 5.41) is 5.27. The maximum absolute atomic E-state index is 12.6. The fourth-order valence-corrected chi connectivity index (χ4v) is 3.24. The van der Waals surface area contributed by atoms with E-state index in [1.165, 1.54) is 0 Å². The standard InChI is InChI=1S/C23H17N3O4/c1-24-20(27)14-6-10-16(11-7-14)25-21(28)15-8-12-17(13-9-15)26-22(29)18-4-2-3-5-19(18)23(26)30/h2-13H,1H3,(H,24,27)(H,25,28). The average molecular weight is 399 g/mol. The number of nitrogens with zero attached hydrogens (tertiary/aromatic N) is 1. The van der Waals surface area contributed by atoms with E-state index in [0.29, 0.717) is 33.6 Å². The minimum absolute atomic E-state index is 0.211. The van der Waals surface area contributed by atoms with Gasteiger partial charge in [0.15, 0.2) is 0 Å². The Hall–Kier alpha value is -4.26. The van der Waals surface area contributed by atoms with Crippen molar-refractivity contribution in [2.75, 3.05) is 17.3 Å². The van der Waals surface area contributed by atoms with Crippen molar-refractivity contribution in [3.8, 4) is 0 Å². The molecule has 0 aromatic heterocycles. The molecule has 1 heterocycles. The number of rotatable bonds is 4. The molecule has 4 amide bonds. The lowest BCUT2D eigenvalue weighted by Gasteiger charge is -2.14. The maximum Gasteiger partial charge on any atom is 0.266 e. The van der Waals surface area contributed by atoms with Crippen LogP contribution in [0, 0.1) is 0 Å². The predicted molar refractivity (Wildman–Crippen MR) is 112 cm³/mol. The molecule has 3 aromatic rings. The SMILES string of the molecule is CNC(=O)c1ccc(NC(=O)c2ccc(N3C(=O)c4ccccc4C3=O)cc2)cc1. The van der Waals surface area contributed by atoms with Gasteiger partial charge in [-0.2, -0.15) is 0 Å². The van der Waals surface area contributed by atoms with E-state index in [1.54, 1.807) is 79.8 Å². The van der Waals surface area contributed by atoms with E-state index < -0.39 is 0 Å². The second kappa shape index (κ2) is 7.63. The molecule has 0 aliphatic carbocycles. The van der Waals surface area contributed by atoms with Gasteiger partial charge in [-0.3, -0.25) is 19.2 Å². The van der Waals surface area contributed by atoms with Gasteiger partial charge in [-0.25, -0.2) is 4.90 Å². The van der Waals surface area contributed by atoms with Gasteiger partial charge in [0.1, 0.15) is 0 Å². The smallest absolute Gasteiger partial charge is 0.266 e. The summed E-state index contributed by atoms with van der Waals surface area (Å²) in [5.74, 6) is -1.33. The van der Waals surface area contributed by atoms with E-state index in [1.807, 2.05) is 0 Å². The van der Waals surface area contributed by atoms with E-state index >= 15 is 0 Å². The summed E-state index contributed by atoms with van der Waals surface area (Å²) in [7, 11) is 1.55. The van der Waals surface area contributed by atoms with Gasteiger partial charge in [0, 0.05) is 23.9 Å². The highest BCUT2D eigenvalue weighted by Gasteiger charge is 2.36. The zero-order chi connectivity index (χ0) is 21.3. The second-order valence-corrected chi connectivity index (χ2v) is 6.65. The van der Waals surface area contributed by atoms with Gasteiger partial charge < -0.3 is 10.6 Å². The van der Waals surface area contributed by atoms with Crippen LogP contribution in [0.15, 0.2) is 72.8 Å². The van der Waals surface area contributed by atoms with E-state index in [0.717, 1.165) is 4.90 Å². The molecule has 0 atom stereocenters. The maximum atomic E-state index is 12.6. The number of benzene rings is 3. The van der Waals surface area contributed by atoms with Crippen molar-refractivity contribution >= 4 is 35.0 Å². The summed E-state index contributed by atoms with van der Waals surface area (Å²) < 4.78 is 0. The monoisotopic (exact) mass is 399 g/mol. The Morgan fingerprint density at radius 1 is 0.700 bits per heavy atom. The molecule has 0 unspecified atom stereocenters. The van der Waals surface area contributed by atoms with Crippen molar-refractivity contribution in [1.29, 1.82) is 0 Å². The Balaban J connectivity index is 1.49. The number of imide groups is 1. The van der Waals surface area contributed by atoms with Crippen molar-refractivity contribution < 1.29 is 19.2 Å². The molecule has 0 saturated heterocycles. The number of fused-ring (bicyclic) bond motifs is 1. The largest absolute Gasteiger partial charge is 0.355 e. The number of hydrogen-bond acceptors (Lipinski definition) is 4. The number of amides is 4. The van der Waals surface area contributed by atoms with Crippen LogP contribution in [0.4, 0.5) is 11.4 Å². The molecule has 0 fully saturated rings. The summed E-state index contributed by atoms with van der Waals surface area (Å²) in [5.41, 5.74) is 2.52. The molecule has 0 spiro atoms. The van der Waals surface area contributed by atoms with Crippen LogP contribution >= 0.6 is 0 Å². The van der Waals surface area contributed by atoms with E-state index in [4.69, 9.17) is 0 Å². The van der Waals surface area contributed by atoms with Crippen molar-refractivity contribution in [2.24, 2.45) is 0 Å². The number of carbonyl (C=O) groups excluding carboxylic acids is 4. The number of anilines is 2. The topological polar surface area (TPSA) is 95.6 Å². The molecule has 4 rings (SSSR count). The summed E-state index contributed by atoms with van der Waals surface area (Å²) in [6.07, 6.45) is 0. The van der Waals surface area contributed by atoms with Gasteiger partial charge >= 0.3 is 0 Å². The molecule has 0 bridgehead atoms. The Labute approximate surface area is 172 Å². The first-order valence-corrected chi connectivity index (χ1v) is 9.21. The lowest BCUT2D eigenvalue weighted by Crippen LogP contribution is -2.29. The average Bonchev–Trinajstić information content (AvgIpc) is 3.04. The minimum Gasteiger partial charge on any atom is -0.355 e. The molecular formula is C23H17N3O4. The molecule has 3 aromatic carbocycles. The van der Waals surface area contributed by atoms with Crippen LogP contribution in [-0.2, 0) is 0 Å². The third kappa shape index (κ3) is 3.33. The summed E-state index contributed by atoms with van der Waals surface area (Å²) in [4.78, 5) is 50.3. The van der Waals surface area contributed by atoms with Gasteiger partial charge in [0.25, 0.3) is 23.6 Å². The van der Waals surface area contributed by atoms with E-state index in [-0.39, 0.29) is 23.6 Å². The lowest BCUT2D eigenvalue weighted by atomic mass is 10.1. The summed E-state index contributed by atoms with van der Waals surface area (Å²) >= 11 is 0. The zero-order valence-corrected chi connectivity index (χ0v) is 16.0. The van der Waals surface area contributed by atoms with Crippen LogP contribution in [0.25, 0.3) is 0 Å². The minimum atomic E-state index is -0.385. The van der Waals surface area contributed by atoms with Crippen LogP contribution in [0.5, 0.6) is 0 Å². The fourth-order valence-electron chi connectivity index (χ4n) is 3.24. The van der Waals surface area contributed by atoms with Crippen molar-refractivity contribution in [3.05, 3.63) is 95.1 Å². The molecule has 2 N–H and O–H groups in total. The molecule has 7 heteroatoms. The lowest BCUT2D eigenvalue weighted by molar-refractivity contribution is 0.0922. The predicted octanol–water partition coefficient (Wildman–Crippen LogP) is 3.10. The highest BCUT2D eigenvalue weighted by Crippen LogP contribution is 2.28. The van der Waals surface area contributed by atoms with Gasteiger partial charge in [-0.15, -0.1) is 0 Å². The van der Waals surface area contributed by atoms with Crippen molar-refractivity contribution in [1.82, 2.24) is 5.32 Å². The quantitative estimate of drug-likeness (QED) is 0.659. The third-order valence-corrected chi connectivity index (χ3v) is 4.81. The first kappa shape index (κ1) is 19.1. The molecule has 148 valence electrons. The normalized spacial score (nSPS) is 12.5. The second-order valence-electron chi connectivity index (χ2n) is 6.65. The molecule has 0 radical (unpaired) electrons. The first-order chi connectivity index (χ1) is 14.5. The number of carbonyl (C=O) groups is 4. The van der Waals surface area contributed by atoms with Crippen LogP contribution < -0.4 is 15.5 Å². The Kier molecular flexibility index (Phi) is 4.85. The van der Waals surface area contributed by atoms with E-state index in [9.17, 15) is 19.2 Å². The van der Waals surface area contributed by atoms with Crippen LogP contribution in [0.3, 0.4) is 0 Å². The van der Waals surface area contributed by atoms with Gasteiger partial charge in [0.05, 0.1) is 16.8 Å². The fraction of sp³-hybridized carbons (Fsp3) is 0.0435. The summed E-state index contributed by atoms with van der Waals surface area (Å²) in [6, 6.07) is 19.4. The Morgan fingerprint density at radius 3 is 1.73 bits per heavy atom. The first-order valence-electron chi connectivity index (χ1n) is 9.21. The molecule has 0 saturated carbocycles. The highest BCUT2D eigenvalue weighted by atomic mass is 16.2. The Morgan fingerprint density at radius 2 is 1.20 bits per heavy atom. The molecule has 1 aliphatic heterocycles. The van der Waals surface area contributed by atoms with Gasteiger partial charge in [-0.05, 0) is 60.7 Å². The van der Waals surface area contributed by atoms with Gasteiger partial charge in [0.2, 0.25) is 0 Å². The highest BCUT2D eigenvalue weighted by molar-refractivity contribution is 6.34. The van der Waals surface area contributed by atoms with Crippen molar-refractivity contribution in [2.45, 2.75) is 0 Å². The van der Waals surface area contributed by atoms with Crippen LogP contribution in [0.1, 0.15) is 41.4 Å². The molecule has 7 nitrogen and oxygen atoms in total. The van der Waals surface area contributed by atoms with Gasteiger partial charge in [-0.1, -0.05) is 12.1 Å². The number of hydrogen-bond donors (Lipinski definition) is 2. The van der Waals surface area contributed by atoms with Crippen LogP contribution in [-0.4, -0.2) is 30.7 Å². The molecule has 1 aliphatic rings. The zero-order valence-electron chi connectivity index (χ0n) is 16.0. The third-order valence-electron chi connectivity index (χ3n) is 4.81. The molecule has 30 heavy (non-hydrogen) atoms. The number of nitrogens with one attached hydrogen (secondary N) is 2. The van der Waals surface area contributed by atoms with E-state index in [2.05, 4.69) is 10.6 Å². The van der Waals surface area contributed by atoms with Crippen molar-refractivity contribution in [3.63, 3.8) is 0 Å². The summed E-state index contributed by atoms with van der Waals surface area (Å²) in [6.45, 7) is 0. The van der Waals surface area contributed by atoms with Crippen LogP contribution in [0.2, 0.25) is 0 Å².